The van der Waals surface area contributed by atoms with Crippen LogP contribution in [0.3, 0.4) is 0 Å². The summed E-state index contributed by atoms with van der Waals surface area (Å²) in [6, 6.07) is 9.98. The van der Waals surface area contributed by atoms with Crippen LogP contribution in [-0.2, 0) is 0 Å². The molecule has 21 heavy (non-hydrogen) atoms. The number of carbonyl (C=O) groups is 1. The van der Waals surface area contributed by atoms with Crippen LogP contribution in [0.4, 0.5) is 4.39 Å². The summed E-state index contributed by atoms with van der Waals surface area (Å²) in [5, 5.41) is 19.5. The zero-order valence-electron chi connectivity index (χ0n) is 10.7. The average molecular weight is 283 g/mol. The predicted molar refractivity (Wildman–Crippen MR) is 75.8 cm³/mol. The zero-order valence-corrected chi connectivity index (χ0v) is 10.7. The number of aromatic nitrogens is 1. The van der Waals surface area contributed by atoms with Crippen molar-refractivity contribution in [3.8, 4) is 16.9 Å². The van der Waals surface area contributed by atoms with Gasteiger partial charge in [0, 0.05) is 22.7 Å². The third-order valence-electron chi connectivity index (χ3n) is 3.20. The van der Waals surface area contributed by atoms with E-state index in [4.69, 9.17) is 5.11 Å². The molecule has 0 radical (unpaired) electrons. The van der Waals surface area contributed by atoms with Crippen molar-refractivity contribution in [2.45, 2.75) is 0 Å². The SMILES string of the molecule is O=C(O)c1ccc(-c2cc(F)cc3cccnc23)c(O)c1. The number of rotatable bonds is 2. The summed E-state index contributed by atoms with van der Waals surface area (Å²) in [5.74, 6) is -1.82. The molecule has 1 heterocycles. The number of fused-ring (bicyclic) bond motifs is 1. The first-order valence-electron chi connectivity index (χ1n) is 6.17. The van der Waals surface area contributed by atoms with Crippen LogP contribution in [0.25, 0.3) is 22.0 Å². The number of hydrogen-bond donors (Lipinski definition) is 2. The first-order chi connectivity index (χ1) is 10.1. The number of carboxylic acid groups (broad SMARTS) is 1. The van der Waals surface area contributed by atoms with Crippen molar-refractivity contribution in [3.05, 3.63) is 60.0 Å². The summed E-state index contributed by atoms with van der Waals surface area (Å²) < 4.78 is 13.7. The Balaban J connectivity index is 2.28. The van der Waals surface area contributed by atoms with Gasteiger partial charge in [0.1, 0.15) is 11.6 Å². The number of pyridine rings is 1. The highest BCUT2D eigenvalue weighted by atomic mass is 19.1. The first-order valence-corrected chi connectivity index (χ1v) is 6.17. The van der Waals surface area contributed by atoms with Crippen LogP contribution >= 0.6 is 0 Å². The molecule has 2 N–H and O–H groups in total. The van der Waals surface area contributed by atoms with E-state index in [0.29, 0.717) is 22.0 Å². The minimum Gasteiger partial charge on any atom is -0.507 e. The zero-order chi connectivity index (χ0) is 15.0. The number of aromatic carboxylic acids is 1. The molecule has 3 rings (SSSR count). The van der Waals surface area contributed by atoms with Crippen molar-refractivity contribution < 1.29 is 19.4 Å². The summed E-state index contributed by atoms with van der Waals surface area (Å²) in [4.78, 5) is 15.1. The lowest BCUT2D eigenvalue weighted by Crippen LogP contribution is -1.96. The van der Waals surface area contributed by atoms with E-state index in [1.54, 1.807) is 18.3 Å². The van der Waals surface area contributed by atoms with Crippen LogP contribution in [0.5, 0.6) is 5.75 Å². The highest BCUT2D eigenvalue weighted by Crippen LogP contribution is 2.34. The summed E-state index contributed by atoms with van der Waals surface area (Å²) in [7, 11) is 0. The van der Waals surface area contributed by atoms with E-state index in [1.807, 2.05) is 0 Å². The number of nitrogens with zero attached hydrogens (tertiary/aromatic N) is 1. The molecular weight excluding hydrogens is 273 g/mol. The molecule has 0 fully saturated rings. The number of halogens is 1. The molecule has 0 aliphatic carbocycles. The van der Waals surface area contributed by atoms with Gasteiger partial charge in [0.15, 0.2) is 0 Å². The summed E-state index contributed by atoms with van der Waals surface area (Å²) in [5.41, 5.74) is 1.26. The lowest BCUT2D eigenvalue weighted by molar-refractivity contribution is 0.0696. The van der Waals surface area contributed by atoms with Gasteiger partial charge in [0.25, 0.3) is 0 Å². The van der Waals surface area contributed by atoms with Crippen LogP contribution < -0.4 is 0 Å². The highest BCUT2D eigenvalue weighted by Gasteiger charge is 2.13. The molecule has 0 bridgehead atoms. The normalized spacial score (nSPS) is 10.7. The van der Waals surface area contributed by atoms with E-state index >= 15 is 0 Å². The Kier molecular flexibility index (Phi) is 3.02. The Labute approximate surface area is 119 Å². The number of phenols is 1. The topological polar surface area (TPSA) is 70.4 Å². The molecule has 0 aliphatic rings. The molecule has 5 heteroatoms. The molecule has 4 nitrogen and oxygen atoms in total. The molecule has 0 saturated carbocycles. The van der Waals surface area contributed by atoms with Gasteiger partial charge in [-0.3, -0.25) is 4.98 Å². The van der Waals surface area contributed by atoms with Gasteiger partial charge in [-0.25, -0.2) is 9.18 Å². The summed E-state index contributed by atoms with van der Waals surface area (Å²) in [6.45, 7) is 0. The maximum atomic E-state index is 13.7. The molecule has 104 valence electrons. The second kappa shape index (κ2) is 4.86. The number of benzene rings is 2. The minimum atomic E-state index is -1.14. The minimum absolute atomic E-state index is 0.0371. The van der Waals surface area contributed by atoms with Gasteiger partial charge in [-0.1, -0.05) is 6.07 Å². The van der Waals surface area contributed by atoms with Gasteiger partial charge < -0.3 is 10.2 Å². The Morgan fingerprint density at radius 3 is 2.62 bits per heavy atom. The van der Waals surface area contributed by atoms with Crippen molar-refractivity contribution in [2.24, 2.45) is 0 Å². The van der Waals surface area contributed by atoms with Gasteiger partial charge >= 0.3 is 5.97 Å². The van der Waals surface area contributed by atoms with Crippen molar-refractivity contribution in [2.75, 3.05) is 0 Å². The van der Waals surface area contributed by atoms with Gasteiger partial charge in [0.05, 0.1) is 11.1 Å². The molecule has 0 spiro atoms. The molecule has 0 aliphatic heterocycles. The number of aromatic hydroxyl groups is 1. The fourth-order valence-corrected chi connectivity index (χ4v) is 2.25. The largest absolute Gasteiger partial charge is 0.507 e. The highest BCUT2D eigenvalue weighted by molar-refractivity contribution is 5.96. The number of carboxylic acids is 1. The third-order valence-corrected chi connectivity index (χ3v) is 3.20. The Bertz CT molecular complexity index is 861. The Morgan fingerprint density at radius 1 is 1.10 bits per heavy atom. The van der Waals surface area contributed by atoms with E-state index in [2.05, 4.69) is 4.98 Å². The second-order valence-electron chi connectivity index (χ2n) is 4.57. The summed E-state index contributed by atoms with van der Waals surface area (Å²) >= 11 is 0. The molecular formula is C16H10FNO3. The van der Waals surface area contributed by atoms with Crippen LogP contribution in [0.1, 0.15) is 10.4 Å². The standard InChI is InChI=1S/C16H10FNO3/c17-11-6-9-2-1-5-18-15(9)13(8-11)12-4-3-10(16(20)21)7-14(12)19/h1-8,19H,(H,20,21). The molecule has 3 aromatic rings. The van der Waals surface area contributed by atoms with Crippen molar-refractivity contribution >= 4 is 16.9 Å². The maximum absolute atomic E-state index is 13.7. The van der Waals surface area contributed by atoms with E-state index in [-0.39, 0.29) is 11.3 Å². The fraction of sp³-hybridized carbons (Fsp3) is 0. The monoisotopic (exact) mass is 283 g/mol. The Hall–Kier alpha value is -2.95. The van der Waals surface area contributed by atoms with Gasteiger partial charge in [-0.2, -0.15) is 0 Å². The number of hydrogen-bond acceptors (Lipinski definition) is 3. The Morgan fingerprint density at radius 2 is 1.90 bits per heavy atom. The van der Waals surface area contributed by atoms with E-state index in [1.165, 1.54) is 24.3 Å². The quantitative estimate of drug-likeness (QED) is 0.755. The molecule has 2 aromatic carbocycles. The summed E-state index contributed by atoms with van der Waals surface area (Å²) in [6.07, 6.45) is 1.58. The fourth-order valence-electron chi connectivity index (χ4n) is 2.25. The molecule has 0 unspecified atom stereocenters. The predicted octanol–water partition coefficient (Wildman–Crippen LogP) is 3.44. The molecule has 0 amide bonds. The van der Waals surface area contributed by atoms with E-state index in [9.17, 15) is 14.3 Å². The third kappa shape index (κ3) is 2.29. The van der Waals surface area contributed by atoms with Gasteiger partial charge in [0.2, 0.25) is 0 Å². The maximum Gasteiger partial charge on any atom is 0.335 e. The van der Waals surface area contributed by atoms with Gasteiger partial charge in [-0.05, 0) is 36.4 Å². The smallest absolute Gasteiger partial charge is 0.335 e. The first kappa shape index (κ1) is 13.1. The van der Waals surface area contributed by atoms with Gasteiger partial charge in [-0.15, -0.1) is 0 Å². The van der Waals surface area contributed by atoms with Crippen LogP contribution in [0.2, 0.25) is 0 Å². The molecule has 0 atom stereocenters. The van der Waals surface area contributed by atoms with Crippen molar-refractivity contribution in [3.63, 3.8) is 0 Å². The lowest BCUT2D eigenvalue weighted by Gasteiger charge is -2.09. The van der Waals surface area contributed by atoms with E-state index in [0.717, 1.165) is 6.07 Å². The molecule has 1 aromatic heterocycles. The van der Waals surface area contributed by atoms with Crippen molar-refractivity contribution in [1.29, 1.82) is 0 Å². The van der Waals surface area contributed by atoms with Crippen molar-refractivity contribution in [1.82, 2.24) is 4.98 Å². The lowest BCUT2D eigenvalue weighted by atomic mass is 9.99. The molecule has 0 saturated heterocycles. The van der Waals surface area contributed by atoms with Crippen LogP contribution in [0.15, 0.2) is 48.7 Å². The van der Waals surface area contributed by atoms with E-state index < -0.39 is 11.8 Å². The van der Waals surface area contributed by atoms with Crippen LogP contribution in [-0.4, -0.2) is 21.2 Å². The number of phenolic OH excluding ortho intramolecular Hbond substituents is 1. The average Bonchev–Trinajstić information content (AvgIpc) is 2.46. The van der Waals surface area contributed by atoms with Crippen LogP contribution in [0, 0.1) is 5.82 Å². The second-order valence-corrected chi connectivity index (χ2v) is 4.57.